The second-order valence-corrected chi connectivity index (χ2v) is 11.1. The van der Waals surface area contributed by atoms with Crippen molar-refractivity contribution in [2.75, 3.05) is 34.4 Å². The van der Waals surface area contributed by atoms with Crippen LogP contribution in [0.1, 0.15) is 47.4 Å². The van der Waals surface area contributed by atoms with Gasteiger partial charge in [0, 0.05) is 30.0 Å². The first kappa shape index (κ1) is 28.7. The SMILES string of the molecule is COc1nc2ccc(CCCCO)cc2cc1[C@@H](c1ccccc1)C(O)(CCN(C)C)c1cccc2ccccc12. The van der Waals surface area contributed by atoms with Gasteiger partial charge in [0.05, 0.1) is 12.6 Å². The molecule has 4 aromatic carbocycles. The number of hydrogen-bond donors (Lipinski definition) is 2. The lowest BCUT2D eigenvalue weighted by Gasteiger charge is -2.39. The van der Waals surface area contributed by atoms with Crippen molar-refractivity contribution in [3.05, 3.63) is 119 Å². The molecular weight excluding hydrogens is 508 g/mol. The van der Waals surface area contributed by atoms with E-state index in [2.05, 4.69) is 59.5 Å². The van der Waals surface area contributed by atoms with Gasteiger partial charge in [0.1, 0.15) is 5.60 Å². The third-order valence-electron chi connectivity index (χ3n) is 8.06. The van der Waals surface area contributed by atoms with Crippen molar-refractivity contribution in [2.45, 2.75) is 37.2 Å². The second kappa shape index (κ2) is 12.8. The van der Waals surface area contributed by atoms with E-state index in [0.29, 0.717) is 18.8 Å². The van der Waals surface area contributed by atoms with Gasteiger partial charge in [0.2, 0.25) is 5.88 Å². The highest BCUT2D eigenvalue weighted by molar-refractivity contribution is 5.87. The van der Waals surface area contributed by atoms with Crippen molar-refractivity contribution in [3.63, 3.8) is 0 Å². The molecular formula is C36H40N2O3. The molecule has 5 nitrogen and oxygen atoms in total. The van der Waals surface area contributed by atoms with Crippen molar-refractivity contribution in [1.82, 2.24) is 9.88 Å². The van der Waals surface area contributed by atoms with Crippen LogP contribution in [-0.2, 0) is 12.0 Å². The molecule has 2 atom stereocenters. The van der Waals surface area contributed by atoms with Crippen LogP contribution in [0.2, 0.25) is 0 Å². The van der Waals surface area contributed by atoms with Gasteiger partial charge in [-0.1, -0.05) is 78.9 Å². The zero-order chi connectivity index (χ0) is 28.8. The number of unbranched alkanes of at least 4 members (excludes halogenated alkanes) is 1. The summed E-state index contributed by atoms with van der Waals surface area (Å²) in [5.74, 6) is 0.0715. The maximum Gasteiger partial charge on any atom is 0.217 e. The molecule has 41 heavy (non-hydrogen) atoms. The third kappa shape index (κ3) is 6.13. The molecule has 5 aromatic rings. The van der Waals surface area contributed by atoms with Gasteiger partial charge >= 0.3 is 0 Å². The van der Waals surface area contributed by atoms with Gasteiger partial charge in [-0.25, -0.2) is 4.98 Å². The summed E-state index contributed by atoms with van der Waals surface area (Å²) in [6.07, 6.45) is 3.11. The van der Waals surface area contributed by atoms with E-state index >= 15 is 0 Å². The van der Waals surface area contributed by atoms with Gasteiger partial charge in [-0.3, -0.25) is 0 Å². The number of aliphatic hydroxyl groups excluding tert-OH is 1. The summed E-state index contributed by atoms with van der Waals surface area (Å²) in [4.78, 5) is 7.08. The maximum absolute atomic E-state index is 13.2. The van der Waals surface area contributed by atoms with Crippen LogP contribution in [0.3, 0.4) is 0 Å². The number of ether oxygens (including phenoxy) is 1. The molecule has 0 fully saturated rings. The largest absolute Gasteiger partial charge is 0.481 e. The number of hydrogen-bond acceptors (Lipinski definition) is 5. The van der Waals surface area contributed by atoms with Crippen molar-refractivity contribution in [1.29, 1.82) is 0 Å². The fourth-order valence-corrected chi connectivity index (χ4v) is 5.98. The summed E-state index contributed by atoms with van der Waals surface area (Å²) < 4.78 is 5.95. The van der Waals surface area contributed by atoms with Crippen molar-refractivity contribution in [3.8, 4) is 5.88 Å². The molecule has 0 bridgehead atoms. The minimum Gasteiger partial charge on any atom is -0.481 e. The highest BCUT2D eigenvalue weighted by Crippen LogP contribution is 2.49. The molecule has 5 rings (SSSR count). The first-order valence-corrected chi connectivity index (χ1v) is 14.4. The van der Waals surface area contributed by atoms with Crippen LogP contribution in [0, 0.1) is 0 Å². The Hall–Kier alpha value is -3.77. The average molecular weight is 549 g/mol. The molecule has 5 heteroatoms. The molecule has 0 radical (unpaired) electrons. The molecule has 0 aliphatic heterocycles. The molecule has 212 valence electrons. The molecule has 1 aromatic heterocycles. The van der Waals surface area contributed by atoms with E-state index in [-0.39, 0.29) is 6.61 Å². The Morgan fingerprint density at radius 3 is 2.37 bits per heavy atom. The van der Waals surface area contributed by atoms with Crippen molar-refractivity contribution >= 4 is 21.7 Å². The molecule has 0 aliphatic rings. The Bertz CT molecular complexity index is 1600. The molecule has 0 amide bonds. The van der Waals surface area contributed by atoms with E-state index in [4.69, 9.17) is 9.72 Å². The van der Waals surface area contributed by atoms with Crippen LogP contribution < -0.4 is 4.74 Å². The molecule has 0 saturated heterocycles. The topological polar surface area (TPSA) is 65.8 Å². The van der Waals surface area contributed by atoms with Crippen LogP contribution in [0.4, 0.5) is 0 Å². The van der Waals surface area contributed by atoms with Crippen molar-refractivity contribution < 1.29 is 14.9 Å². The first-order chi connectivity index (χ1) is 19.9. The lowest BCUT2D eigenvalue weighted by molar-refractivity contribution is 0.00520. The number of methoxy groups -OCH3 is 1. The molecule has 2 N–H and O–H groups in total. The number of fused-ring (bicyclic) bond motifs is 2. The molecule has 0 aliphatic carbocycles. The highest BCUT2D eigenvalue weighted by atomic mass is 16.5. The number of rotatable bonds is 12. The molecule has 0 spiro atoms. The molecule has 1 heterocycles. The van der Waals surface area contributed by atoms with Gasteiger partial charge in [-0.2, -0.15) is 0 Å². The number of aliphatic hydroxyl groups is 2. The van der Waals surface area contributed by atoms with Crippen LogP contribution in [0.25, 0.3) is 21.7 Å². The quantitative estimate of drug-likeness (QED) is 0.170. The zero-order valence-corrected chi connectivity index (χ0v) is 24.3. The van der Waals surface area contributed by atoms with Gasteiger partial charge < -0.3 is 19.8 Å². The van der Waals surface area contributed by atoms with E-state index in [0.717, 1.165) is 57.6 Å². The normalized spacial score (nSPS) is 13.9. The summed E-state index contributed by atoms with van der Waals surface area (Å²) in [6.45, 7) is 0.899. The second-order valence-electron chi connectivity index (χ2n) is 11.1. The summed E-state index contributed by atoms with van der Waals surface area (Å²) in [7, 11) is 5.73. The highest BCUT2D eigenvalue weighted by Gasteiger charge is 2.43. The summed E-state index contributed by atoms with van der Waals surface area (Å²) >= 11 is 0. The standard InChI is InChI=1S/C36H40N2O3/c1-38(2)22-21-36(40,32-18-11-16-27-13-7-8-17-30(27)32)34(28-14-5-4-6-15-28)31-25-29-24-26(12-9-10-23-39)19-20-33(29)37-35(31)41-3/h4-8,11,13-20,24-25,34,39-40H,9-10,12,21-23H2,1-3H3/t34-,36?/m1/s1. The van der Waals surface area contributed by atoms with Gasteiger partial charge in [0.15, 0.2) is 0 Å². The lowest BCUT2D eigenvalue weighted by Crippen LogP contribution is -2.38. The Balaban J connectivity index is 1.76. The average Bonchev–Trinajstić information content (AvgIpc) is 3.00. The third-order valence-corrected chi connectivity index (χ3v) is 8.06. The number of nitrogens with zero attached hydrogens (tertiary/aromatic N) is 2. The summed E-state index contributed by atoms with van der Waals surface area (Å²) in [6, 6.07) is 33.2. The monoisotopic (exact) mass is 548 g/mol. The predicted octanol–water partition coefficient (Wildman–Crippen LogP) is 6.68. The number of aromatic nitrogens is 1. The Morgan fingerprint density at radius 2 is 1.61 bits per heavy atom. The van der Waals surface area contributed by atoms with Crippen LogP contribution in [0.15, 0.2) is 97.1 Å². The Labute approximate surface area is 243 Å². The van der Waals surface area contributed by atoms with Gasteiger partial charge in [0.25, 0.3) is 0 Å². The van der Waals surface area contributed by atoms with E-state index < -0.39 is 11.5 Å². The van der Waals surface area contributed by atoms with E-state index in [1.54, 1.807) is 7.11 Å². The fourth-order valence-electron chi connectivity index (χ4n) is 5.98. The smallest absolute Gasteiger partial charge is 0.217 e. The molecule has 1 unspecified atom stereocenters. The first-order valence-electron chi connectivity index (χ1n) is 14.4. The van der Waals surface area contributed by atoms with Crippen LogP contribution in [-0.4, -0.2) is 54.5 Å². The minimum atomic E-state index is -1.27. The maximum atomic E-state index is 13.2. The predicted molar refractivity (Wildman–Crippen MR) is 168 cm³/mol. The zero-order valence-electron chi connectivity index (χ0n) is 24.3. The minimum absolute atomic E-state index is 0.203. The van der Waals surface area contributed by atoms with Gasteiger partial charge in [-0.05, 0) is 85.4 Å². The van der Waals surface area contributed by atoms with Gasteiger partial charge in [-0.15, -0.1) is 0 Å². The fraction of sp³-hybridized carbons (Fsp3) is 0.306. The van der Waals surface area contributed by atoms with E-state index in [1.165, 1.54) is 5.56 Å². The lowest BCUT2D eigenvalue weighted by atomic mass is 9.70. The number of benzene rings is 4. The van der Waals surface area contributed by atoms with Crippen molar-refractivity contribution in [2.24, 2.45) is 0 Å². The Morgan fingerprint density at radius 1 is 0.854 bits per heavy atom. The number of aryl methyl sites for hydroxylation is 1. The van der Waals surface area contributed by atoms with E-state index in [1.807, 2.05) is 56.6 Å². The number of pyridine rings is 1. The Kier molecular flexibility index (Phi) is 8.99. The summed E-state index contributed by atoms with van der Waals surface area (Å²) in [5, 5.41) is 25.5. The molecule has 0 saturated carbocycles. The van der Waals surface area contributed by atoms with E-state index in [9.17, 15) is 10.2 Å². The summed E-state index contributed by atoms with van der Waals surface area (Å²) in [5.41, 5.74) is 3.54. The van der Waals surface area contributed by atoms with Crippen LogP contribution >= 0.6 is 0 Å². The van der Waals surface area contributed by atoms with Crippen LogP contribution in [0.5, 0.6) is 5.88 Å².